The predicted molar refractivity (Wildman–Crippen MR) is 154 cm³/mol. The summed E-state index contributed by atoms with van der Waals surface area (Å²) >= 11 is 6.18. The fraction of sp³-hybridized carbons (Fsp3) is 0.500. The van der Waals surface area contributed by atoms with E-state index in [4.69, 9.17) is 26.2 Å². The summed E-state index contributed by atoms with van der Waals surface area (Å²) in [4.78, 5) is 13.4. The van der Waals surface area contributed by atoms with E-state index in [9.17, 15) is 4.79 Å². The number of aromatic nitrogens is 2. The van der Waals surface area contributed by atoms with E-state index in [2.05, 4.69) is 5.32 Å². The third-order valence-electron chi connectivity index (χ3n) is 9.46. The van der Waals surface area contributed by atoms with Crippen molar-refractivity contribution in [3.63, 3.8) is 0 Å². The Bertz CT molecular complexity index is 1300. The molecular weight excluding hydrogens is 510 g/mol. The largest absolute Gasteiger partial charge is 0.497 e. The zero-order chi connectivity index (χ0) is 27.1. The van der Waals surface area contributed by atoms with Gasteiger partial charge in [-0.05, 0) is 93.6 Å². The van der Waals surface area contributed by atoms with Crippen LogP contribution in [0.2, 0.25) is 5.02 Å². The van der Waals surface area contributed by atoms with Crippen molar-refractivity contribution in [2.45, 2.75) is 51.9 Å². The fourth-order valence-corrected chi connectivity index (χ4v) is 8.02. The number of methoxy groups -OCH3 is 2. The van der Waals surface area contributed by atoms with Crippen LogP contribution in [-0.2, 0) is 0 Å². The highest BCUT2D eigenvalue weighted by atomic mass is 35.5. The molecule has 39 heavy (non-hydrogen) atoms. The fourth-order valence-electron chi connectivity index (χ4n) is 7.89. The quantitative estimate of drug-likeness (QED) is 0.290. The van der Waals surface area contributed by atoms with Gasteiger partial charge in [-0.2, -0.15) is 5.10 Å². The average Bonchev–Trinajstić information content (AvgIpc) is 3.29. The molecule has 1 N–H and O–H groups in total. The third-order valence-corrected chi connectivity index (χ3v) is 9.71. The standard InChI is InChI=1S/C32H38ClN3O3/c1-19-30(32(37)34-10-4-5-29-23-12-20-11-21(14-23)15-24(29)13-20)35-36(31(19)22-6-8-25(33)9-7-22)26-16-27(38-2)18-28(17-26)39-3/h6-9,16-18,20-21,23-24,29H,4-5,10-15H2,1-3H3,(H,34,37). The molecule has 1 aromatic heterocycles. The van der Waals surface area contributed by atoms with Crippen molar-refractivity contribution in [3.05, 3.63) is 58.7 Å². The van der Waals surface area contributed by atoms with Gasteiger partial charge in [0.1, 0.15) is 11.5 Å². The Morgan fingerprint density at radius 3 is 2.18 bits per heavy atom. The van der Waals surface area contributed by atoms with Crippen molar-refractivity contribution < 1.29 is 14.3 Å². The Kier molecular flexibility index (Phi) is 7.32. The lowest BCUT2D eigenvalue weighted by Gasteiger charge is -2.54. The van der Waals surface area contributed by atoms with Crippen molar-refractivity contribution in [1.29, 1.82) is 0 Å². The molecule has 4 saturated carbocycles. The first-order valence-electron chi connectivity index (χ1n) is 14.3. The summed E-state index contributed by atoms with van der Waals surface area (Å²) in [5, 5.41) is 8.65. The molecule has 4 bridgehead atoms. The SMILES string of the molecule is COc1cc(OC)cc(-n2nc(C(=O)NCCCC3C4CC5CC(C4)CC3C5)c(C)c2-c2ccc(Cl)cc2)c1. The maximum Gasteiger partial charge on any atom is 0.272 e. The molecule has 0 atom stereocenters. The molecule has 0 unspecified atom stereocenters. The monoisotopic (exact) mass is 547 g/mol. The van der Waals surface area contributed by atoms with Crippen LogP contribution >= 0.6 is 11.6 Å². The van der Waals surface area contributed by atoms with Gasteiger partial charge in [0, 0.05) is 40.9 Å². The first-order valence-corrected chi connectivity index (χ1v) is 14.7. The predicted octanol–water partition coefficient (Wildman–Crippen LogP) is 7.10. The summed E-state index contributed by atoms with van der Waals surface area (Å²) < 4.78 is 12.8. The average molecular weight is 548 g/mol. The molecule has 7 rings (SSSR count). The minimum atomic E-state index is -0.138. The second kappa shape index (κ2) is 10.9. The number of ether oxygens (including phenoxy) is 2. The lowest BCUT2D eigenvalue weighted by Crippen LogP contribution is -2.45. The minimum absolute atomic E-state index is 0.138. The topological polar surface area (TPSA) is 65.4 Å². The first kappa shape index (κ1) is 26.2. The smallest absolute Gasteiger partial charge is 0.272 e. The maximum atomic E-state index is 13.4. The van der Waals surface area contributed by atoms with Gasteiger partial charge >= 0.3 is 0 Å². The van der Waals surface area contributed by atoms with E-state index in [-0.39, 0.29) is 5.91 Å². The molecule has 206 valence electrons. The summed E-state index contributed by atoms with van der Waals surface area (Å²) in [6.07, 6.45) is 9.53. The molecule has 0 radical (unpaired) electrons. The second-order valence-corrected chi connectivity index (χ2v) is 12.2. The minimum Gasteiger partial charge on any atom is -0.497 e. The Hall–Kier alpha value is -2.99. The summed E-state index contributed by atoms with van der Waals surface area (Å²) in [6.45, 7) is 2.63. The van der Waals surface area contributed by atoms with Gasteiger partial charge in [-0.1, -0.05) is 23.7 Å². The molecule has 1 amide bonds. The highest BCUT2D eigenvalue weighted by Gasteiger charge is 2.47. The van der Waals surface area contributed by atoms with E-state index in [0.29, 0.717) is 28.8 Å². The molecule has 6 nitrogen and oxygen atoms in total. The first-order chi connectivity index (χ1) is 18.9. The Morgan fingerprint density at radius 1 is 0.974 bits per heavy atom. The molecule has 0 saturated heterocycles. The van der Waals surface area contributed by atoms with Crippen LogP contribution in [0.1, 0.15) is 61.0 Å². The Morgan fingerprint density at radius 2 is 1.59 bits per heavy atom. The molecule has 3 aromatic rings. The number of benzene rings is 2. The Balaban J connectivity index is 1.21. The molecule has 4 aliphatic carbocycles. The molecule has 1 heterocycles. The number of hydrogen-bond acceptors (Lipinski definition) is 4. The number of nitrogens with one attached hydrogen (secondary N) is 1. The van der Waals surface area contributed by atoms with Crippen molar-refractivity contribution in [2.75, 3.05) is 20.8 Å². The molecular formula is C32H38ClN3O3. The zero-order valence-corrected chi connectivity index (χ0v) is 23.8. The van der Waals surface area contributed by atoms with Gasteiger partial charge in [-0.15, -0.1) is 0 Å². The number of nitrogens with zero attached hydrogens (tertiary/aromatic N) is 2. The molecule has 4 aliphatic rings. The molecule has 2 aromatic carbocycles. The van der Waals surface area contributed by atoms with Crippen LogP contribution in [0, 0.1) is 36.5 Å². The molecule has 4 fully saturated rings. The van der Waals surface area contributed by atoms with E-state index in [1.54, 1.807) is 18.9 Å². The van der Waals surface area contributed by atoms with Crippen molar-refractivity contribution in [3.8, 4) is 28.4 Å². The normalized spacial score (nSPS) is 25.1. The molecule has 7 heteroatoms. The van der Waals surface area contributed by atoms with Crippen LogP contribution in [-0.4, -0.2) is 36.5 Å². The van der Waals surface area contributed by atoms with Gasteiger partial charge < -0.3 is 14.8 Å². The zero-order valence-electron chi connectivity index (χ0n) is 23.1. The van der Waals surface area contributed by atoms with Crippen molar-refractivity contribution in [1.82, 2.24) is 15.1 Å². The van der Waals surface area contributed by atoms with E-state index in [1.807, 2.05) is 49.4 Å². The van der Waals surface area contributed by atoms with E-state index in [0.717, 1.165) is 58.5 Å². The number of carbonyl (C=O) groups excluding carboxylic acids is 1. The third kappa shape index (κ3) is 5.16. The number of hydrogen-bond donors (Lipinski definition) is 1. The molecule has 0 aliphatic heterocycles. The van der Waals surface area contributed by atoms with Crippen molar-refractivity contribution >= 4 is 17.5 Å². The Labute approximate surface area is 236 Å². The van der Waals surface area contributed by atoms with Gasteiger partial charge in [-0.3, -0.25) is 4.79 Å². The van der Waals surface area contributed by atoms with Crippen LogP contribution in [0.5, 0.6) is 11.5 Å². The van der Waals surface area contributed by atoms with Crippen LogP contribution in [0.15, 0.2) is 42.5 Å². The van der Waals surface area contributed by atoms with Crippen LogP contribution in [0.25, 0.3) is 16.9 Å². The van der Waals surface area contributed by atoms with Gasteiger partial charge in [0.25, 0.3) is 5.91 Å². The van der Waals surface area contributed by atoms with Crippen LogP contribution < -0.4 is 14.8 Å². The number of carbonyl (C=O) groups is 1. The van der Waals surface area contributed by atoms with Gasteiger partial charge in [0.05, 0.1) is 25.6 Å². The van der Waals surface area contributed by atoms with Gasteiger partial charge in [0.15, 0.2) is 5.69 Å². The summed E-state index contributed by atoms with van der Waals surface area (Å²) in [5.74, 6) is 5.87. The van der Waals surface area contributed by atoms with Gasteiger partial charge in [-0.25, -0.2) is 4.68 Å². The summed E-state index contributed by atoms with van der Waals surface area (Å²) in [6, 6.07) is 13.2. The van der Waals surface area contributed by atoms with E-state index < -0.39 is 0 Å². The highest BCUT2D eigenvalue weighted by Crippen LogP contribution is 2.57. The lowest BCUT2D eigenvalue weighted by atomic mass is 9.51. The van der Waals surface area contributed by atoms with Gasteiger partial charge in [0.2, 0.25) is 0 Å². The van der Waals surface area contributed by atoms with Crippen molar-refractivity contribution in [2.24, 2.45) is 29.6 Å². The lowest BCUT2D eigenvalue weighted by molar-refractivity contribution is -0.0401. The summed E-state index contributed by atoms with van der Waals surface area (Å²) in [5.41, 5.74) is 3.75. The number of halogens is 1. The van der Waals surface area contributed by atoms with Crippen LogP contribution in [0.3, 0.4) is 0 Å². The van der Waals surface area contributed by atoms with Crippen LogP contribution in [0.4, 0.5) is 0 Å². The molecule has 0 spiro atoms. The summed E-state index contributed by atoms with van der Waals surface area (Å²) in [7, 11) is 3.24. The number of amides is 1. The highest BCUT2D eigenvalue weighted by molar-refractivity contribution is 6.30. The maximum absolute atomic E-state index is 13.4. The second-order valence-electron chi connectivity index (χ2n) is 11.8. The van der Waals surface area contributed by atoms with E-state index >= 15 is 0 Å². The number of rotatable bonds is 9. The van der Waals surface area contributed by atoms with E-state index in [1.165, 1.54) is 38.5 Å².